The van der Waals surface area contributed by atoms with Crippen molar-refractivity contribution < 1.29 is 15.2 Å². The number of benzene rings is 1. The monoisotopic (exact) mass is 251 g/mol. The van der Waals surface area contributed by atoms with Gasteiger partial charge in [-0.3, -0.25) is 0 Å². The van der Waals surface area contributed by atoms with Gasteiger partial charge in [-0.2, -0.15) is 0 Å². The Hall–Kier alpha value is -2.11. The molecule has 0 aliphatic heterocycles. The molecule has 2 aromatic rings. The normalized spacial score (nSPS) is 13.2. The van der Waals surface area contributed by atoms with Crippen LogP contribution in [0.25, 0.3) is 11.0 Å². The predicted octanol–water partition coefficient (Wildman–Crippen LogP) is 1.63. The summed E-state index contributed by atoms with van der Waals surface area (Å²) in [6, 6.07) is 4.99. The predicted molar refractivity (Wildman–Crippen MR) is 66.2 cm³/mol. The summed E-state index contributed by atoms with van der Waals surface area (Å²) in [7, 11) is 1.54. The zero-order valence-electron chi connectivity index (χ0n) is 10.9. The van der Waals surface area contributed by atoms with E-state index in [4.69, 9.17) is 4.74 Å². The van der Waals surface area contributed by atoms with Gasteiger partial charge in [-0.25, -0.2) is 4.99 Å². The number of rotatable bonds is 1. The van der Waals surface area contributed by atoms with Gasteiger partial charge in [0.1, 0.15) is 16.8 Å². The average Bonchev–Trinajstić information content (AvgIpc) is 2.52. The minimum absolute atomic E-state index is 0.0748. The van der Waals surface area contributed by atoms with Crippen LogP contribution < -0.4 is 10.4 Å². The van der Waals surface area contributed by atoms with Crippen LogP contribution in [0.4, 0.5) is 0 Å². The summed E-state index contributed by atoms with van der Waals surface area (Å²) in [5.74, 6) is 0.596. The van der Waals surface area contributed by atoms with Crippen molar-refractivity contribution in [3.63, 3.8) is 0 Å². The molecule has 0 atom stereocenters. The fourth-order valence-corrected chi connectivity index (χ4v) is 1.68. The van der Waals surface area contributed by atoms with Gasteiger partial charge in [-0.1, -0.05) is 0 Å². The third kappa shape index (κ3) is 2.01. The third-order valence-electron chi connectivity index (χ3n) is 2.45. The molecule has 0 saturated heterocycles. The highest BCUT2D eigenvalue weighted by molar-refractivity contribution is 5.77. The van der Waals surface area contributed by atoms with Crippen LogP contribution in [0.2, 0.25) is 0 Å². The second-order valence-corrected chi connectivity index (χ2v) is 5.06. The van der Waals surface area contributed by atoms with Crippen LogP contribution in [0.3, 0.4) is 0 Å². The van der Waals surface area contributed by atoms with Crippen LogP contribution in [0.5, 0.6) is 5.75 Å². The number of methoxy groups -OCH3 is 1. The van der Waals surface area contributed by atoms with Crippen molar-refractivity contribution in [3.05, 3.63) is 23.8 Å². The Morgan fingerprint density at radius 3 is 2.28 bits per heavy atom. The van der Waals surface area contributed by atoms with Gasteiger partial charge in [0, 0.05) is 6.07 Å². The maximum atomic E-state index is 10.0. The minimum atomic E-state index is -0.413. The molecule has 98 valence electrons. The molecule has 0 saturated carbocycles. The Balaban J connectivity index is 2.82. The van der Waals surface area contributed by atoms with Crippen molar-refractivity contribution in [2.45, 2.75) is 26.3 Å². The molecule has 6 heteroatoms. The van der Waals surface area contributed by atoms with Crippen LogP contribution in [0.1, 0.15) is 20.8 Å². The summed E-state index contributed by atoms with van der Waals surface area (Å²) < 4.78 is 6.79. The minimum Gasteiger partial charge on any atom is -0.497 e. The van der Waals surface area contributed by atoms with E-state index in [1.54, 1.807) is 25.3 Å². The molecule has 0 fully saturated rings. The van der Waals surface area contributed by atoms with Crippen LogP contribution in [-0.4, -0.2) is 32.5 Å². The second-order valence-electron chi connectivity index (χ2n) is 5.06. The Labute approximate surface area is 104 Å². The third-order valence-corrected chi connectivity index (χ3v) is 2.45. The number of imidazole rings is 1. The van der Waals surface area contributed by atoms with Crippen molar-refractivity contribution in [3.8, 4) is 5.75 Å². The number of ether oxygens (including phenoxy) is 1. The van der Waals surface area contributed by atoms with E-state index in [0.717, 1.165) is 9.46 Å². The van der Waals surface area contributed by atoms with Crippen molar-refractivity contribution >= 4 is 11.0 Å². The van der Waals surface area contributed by atoms with E-state index in [2.05, 4.69) is 4.99 Å². The molecular formula is C12H17N3O3. The largest absolute Gasteiger partial charge is 0.497 e. The first kappa shape index (κ1) is 12.3. The van der Waals surface area contributed by atoms with Gasteiger partial charge in [0.15, 0.2) is 0 Å². The molecule has 1 aromatic heterocycles. The summed E-state index contributed by atoms with van der Waals surface area (Å²) in [6.07, 6.45) is 0. The Kier molecular flexibility index (Phi) is 2.73. The van der Waals surface area contributed by atoms with Gasteiger partial charge in [-0.15, -0.1) is 9.46 Å². The molecule has 0 radical (unpaired) electrons. The van der Waals surface area contributed by atoms with E-state index < -0.39 is 5.54 Å². The molecule has 0 aliphatic rings. The highest BCUT2D eigenvalue weighted by atomic mass is 16.5. The standard InChI is InChI=1S/C12H17N3O3/c1-12(2,3)13-11-14(16)9-6-5-8(18-4)7-10(9)15(11)17/h5-7,16-17H,1-4H3. The van der Waals surface area contributed by atoms with Crippen LogP contribution >= 0.6 is 0 Å². The lowest BCUT2D eigenvalue weighted by Gasteiger charge is -2.10. The molecule has 1 aromatic carbocycles. The zero-order valence-corrected chi connectivity index (χ0v) is 10.9. The Bertz CT molecular complexity index is 647. The van der Waals surface area contributed by atoms with Gasteiger partial charge in [0.25, 0.3) is 5.62 Å². The maximum Gasteiger partial charge on any atom is 0.273 e. The second kappa shape index (κ2) is 3.97. The van der Waals surface area contributed by atoms with E-state index in [1.807, 2.05) is 20.8 Å². The molecule has 2 N–H and O–H groups in total. The number of hydrogen-bond donors (Lipinski definition) is 2. The molecule has 1 heterocycles. The molecule has 0 spiro atoms. The Morgan fingerprint density at radius 2 is 1.72 bits per heavy atom. The zero-order chi connectivity index (χ0) is 13.5. The highest BCUT2D eigenvalue weighted by Crippen LogP contribution is 2.19. The maximum absolute atomic E-state index is 10.0. The summed E-state index contributed by atoms with van der Waals surface area (Å²) in [4.78, 5) is 4.27. The molecule has 18 heavy (non-hydrogen) atoms. The molecule has 0 aliphatic carbocycles. The molecule has 0 amide bonds. The fraction of sp³-hybridized carbons (Fsp3) is 0.417. The van der Waals surface area contributed by atoms with Gasteiger partial charge in [0.05, 0.1) is 12.6 Å². The number of aromatic nitrogens is 2. The smallest absolute Gasteiger partial charge is 0.273 e. The molecule has 0 bridgehead atoms. The van der Waals surface area contributed by atoms with Crippen LogP contribution in [0, 0.1) is 0 Å². The lowest BCUT2D eigenvalue weighted by molar-refractivity contribution is 0.129. The molecular weight excluding hydrogens is 234 g/mol. The van der Waals surface area contributed by atoms with Crippen molar-refractivity contribution in [1.82, 2.24) is 9.46 Å². The quantitative estimate of drug-likeness (QED) is 0.756. The molecule has 0 unspecified atom stereocenters. The van der Waals surface area contributed by atoms with E-state index >= 15 is 0 Å². The Morgan fingerprint density at radius 1 is 1.11 bits per heavy atom. The first-order valence-corrected chi connectivity index (χ1v) is 5.59. The summed E-state index contributed by atoms with van der Waals surface area (Å²) in [5.41, 5.74) is 0.551. The van der Waals surface area contributed by atoms with E-state index in [9.17, 15) is 10.4 Å². The lowest BCUT2D eigenvalue weighted by atomic mass is 10.1. The van der Waals surface area contributed by atoms with Gasteiger partial charge >= 0.3 is 0 Å². The number of fused-ring (bicyclic) bond motifs is 1. The van der Waals surface area contributed by atoms with Gasteiger partial charge in [-0.05, 0) is 32.9 Å². The van der Waals surface area contributed by atoms with Crippen molar-refractivity contribution in [1.29, 1.82) is 0 Å². The van der Waals surface area contributed by atoms with Crippen LogP contribution in [0.15, 0.2) is 23.2 Å². The van der Waals surface area contributed by atoms with Gasteiger partial charge < -0.3 is 15.2 Å². The summed E-state index contributed by atoms with van der Waals surface area (Å²) in [5, 5.41) is 20.0. The summed E-state index contributed by atoms with van der Waals surface area (Å²) in [6.45, 7) is 5.64. The molecule has 2 rings (SSSR count). The van der Waals surface area contributed by atoms with E-state index in [-0.39, 0.29) is 5.62 Å². The SMILES string of the molecule is COc1ccc2c(c1)n(O)c(=NC(C)(C)C)n2O. The molecule has 6 nitrogen and oxygen atoms in total. The van der Waals surface area contributed by atoms with Crippen molar-refractivity contribution in [2.75, 3.05) is 7.11 Å². The lowest BCUT2D eigenvalue weighted by Crippen LogP contribution is -2.28. The number of nitrogens with zero attached hydrogens (tertiary/aromatic N) is 3. The average molecular weight is 251 g/mol. The van der Waals surface area contributed by atoms with E-state index in [0.29, 0.717) is 16.8 Å². The van der Waals surface area contributed by atoms with Crippen molar-refractivity contribution in [2.24, 2.45) is 4.99 Å². The number of hydrogen-bond acceptors (Lipinski definition) is 4. The van der Waals surface area contributed by atoms with E-state index in [1.165, 1.54) is 0 Å². The highest BCUT2D eigenvalue weighted by Gasteiger charge is 2.15. The first-order chi connectivity index (χ1) is 8.33. The van der Waals surface area contributed by atoms with Crippen LogP contribution in [-0.2, 0) is 0 Å². The topological polar surface area (TPSA) is 71.9 Å². The van der Waals surface area contributed by atoms with Gasteiger partial charge in [0.2, 0.25) is 0 Å². The fourth-order valence-electron chi connectivity index (χ4n) is 1.68. The first-order valence-electron chi connectivity index (χ1n) is 5.59. The summed E-state index contributed by atoms with van der Waals surface area (Å²) >= 11 is 0.